The zero-order valence-electron chi connectivity index (χ0n) is 12.0. The van der Waals surface area contributed by atoms with Crippen LogP contribution in [0.4, 0.5) is 0 Å². The second-order valence-corrected chi connectivity index (χ2v) is 3.79. The lowest BCUT2D eigenvalue weighted by Crippen LogP contribution is -2.35. The first kappa shape index (κ1) is 19.2. The molecule has 2 N–H and O–H groups in total. The van der Waals surface area contributed by atoms with E-state index in [1.54, 1.807) is 21.0 Å². The molecule has 0 saturated carbocycles. The average Bonchev–Trinajstić information content (AvgIpc) is 2.43. The van der Waals surface area contributed by atoms with Crippen molar-refractivity contribution in [3.05, 3.63) is 0 Å². The Balaban J connectivity index is 0. The summed E-state index contributed by atoms with van der Waals surface area (Å²) in [5, 5.41) is 11.2. The number of nitrogens with one attached hydrogen (secondary N) is 1. The number of carbonyl (C=O) groups is 2. The van der Waals surface area contributed by atoms with E-state index in [4.69, 9.17) is 9.84 Å². The van der Waals surface area contributed by atoms with Gasteiger partial charge in [0.1, 0.15) is 6.23 Å². The van der Waals surface area contributed by atoms with Gasteiger partial charge in [0.2, 0.25) is 12.3 Å². The minimum Gasteiger partial charge on any atom is -0.394 e. The lowest BCUT2D eigenvalue weighted by Gasteiger charge is -2.26. The van der Waals surface area contributed by atoms with Crippen LogP contribution >= 0.6 is 0 Å². The highest BCUT2D eigenvalue weighted by molar-refractivity contribution is 5.74. The summed E-state index contributed by atoms with van der Waals surface area (Å²) in [7, 11) is 3.29. The predicted molar refractivity (Wildman–Crippen MR) is 69.9 cm³/mol. The van der Waals surface area contributed by atoms with E-state index in [9.17, 15) is 9.59 Å². The summed E-state index contributed by atoms with van der Waals surface area (Å²) >= 11 is 0. The zero-order chi connectivity index (χ0) is 14.6. The minimum atomic E-state index is -0.232. The molecule has 0 fully saturated rings. The second kappa shape index (κ2) is 12.3. The van der Waals surface area contributed by atoms with Crippen LogP contribution in [-0.4, -0.2) is 55.4 Å². The van der Waals surface area contributed by atoms with Crippen LogP contribution in [0.1, 0.15) is 33.6 Å². The van der Waals surface area contributed by atoms with Crippen LogP contribution in [0.5, 0.6) is 0 Å². The molecule has 0 aromatic carbocycles. The van der Waals surface area contributed by atoms with Gasteiger partial charge in [0.05, 0.1) is 12.7 Å². The average molecular weight is 262 g/mol. The number of aliphatic hydroxyl groups is 1. The minimum absolute atomic E-state index is 0.0246. The molecular weight excluding hydrogens is 236 g/mol. The van der Waals surface area contributed by atoms with Crippen molar-refractivity contribution in [2.45, 2.75) is 45.9 Å². The molecule has 0 aliphatic heterocycles. The molecule has 6 nitrogen and oxygen atoms in total. The highest BCUT2D eigenvalue weighted by Gasteiger charge is 2.13. The predicted octanol–water partition coefficient (Wildman–Crippen LogP) is 0.351. The van der Waals surface area contributed by atoms with Crippen LogP contribution in [0.3, 0.4) is 0 Å². The van der Waals surface area contributed by atoms with Crippen LogP contribution < -0.4 is 5.32 Å². The Bertz CT molecular complexity index is 218. The Hall–Kier alpha value is -1.14. The molecule has 0 aliphatic carbocycles. The van der Waals surface area contributed by atoms with Gasteiger partial charge in [-0.15, -0.1) is 0 Å². The SMILES string of the molecule is CCC(=O)NC.CCC(OC(C)CO)N(C)C=O. The summed E-state index contributed by atoms with van der Waals surface area (Å²) in [6.07, 6.45) is 1.57. The fraction of sp³-hybridized carbons (Fsp3) is 0.833. The smallest absolute Gasteiger partial charge is 0.219 e. The standard InChI is InChI=1S/C8H17NO3.C4H9NO/c1-4-8(9(3)6-11)12-7(2)5-10;1-3-4(6)5-2/h6-8,10H,4-5H2,1-3H3;3H2,1-2H3,(H,5,6). The molecule has 0 rings (SSSR count). The molecule has 0 bridgehead atoms. The van der Waals surface area contributed by atoms with Gasteiger partial charge in [0.25, 0.3) is 0 Å². The normalized spacial score (nSPS) is 12.8. The van der Waals surface area contributed by atoms with E-state index in [0.29, 0.717) is 6.42 Å². The van der Waals surface area contributed by atoms with Crippen molar-refractivity contribution >= 4 is 12.3 Å². The molecule has 0 spiro atoms. The fourth-order valence-corrected chi connectivity index (χ4v) is 1.04. The van der Waals surface area contributed by atoms with Crippen LogP contribution in [-0.2, 0) is 14.3 Å². The van der Waals surface area contributed by atoms with Crippen molar-refractivity contribution in [2.24, 2.45) is 0 Å². The third-order valence-corrected chi connectivity index (χ3v) is 2.22. The first-order chi connectivity index (χ1) is 8.46. The van der Waals surface area contributed by atoms with Crippen molar-refractivity contribution in [3.63, 3.8) is 0 Å². The number of ether oxygens (including phenoxy) is 1. The maximum atomic E-state index is 10.4. The van der Waals surface area contributed by atoms with Gasteiger partial charge >= 0.3 is 0 Å². The van der Waals surface area contributed by atoms with Gasteiger partial charge in [-0.05, 0) is 13.3 Å². The molecular formula is C12H26N2O4. The summed E-state index contributed by atoms with van der Waals surface area (Å²) in [6, 6.07) is 0. The molecule has 108 valence electrons. The van der Waals surface area contributed by atoms with Gasteiger partial charge in [0, 0.05) is 20.5 Å². The highest BCUT2D eigenvalue weighted by Crippen LogP contribution is 2.04. The molecule has 2 unspecified atom stereocenters. The topological polar surface area (TPSA) is 78.9 Å². The van der Waals surface area contributed by atoms with Crippen LogP contribution in [0, 0.1) is 0 Å². The zero-order valence-corrected chi connectivity index (χ0v) is 12.0. The molecule has 0 aromatic heterocycles. The summed E-state index contributed by atoms with van der Waals surface area (Å²) in [6.45, 7) is 5.48. The molecule has 0 radical (unpaired) electrons. The van der Waals surface area contributed by atoms with Gasteiger partial charge in [-0.2, -0.15) is 0 Å². The largest absolute Gasteiger partial charge is 0.394 e. The lowest BCUT2D eigenvalue weighted by atomic mass is 10.3. The number of hydrogen-bond acceptors (Lipinski definition) is 4. The maximum absolute atomic E-state index is 10.4. The van der Waals surface area contributed by atoms with Gasteiger partial charge < -0.3 is 20.1 Å². The number of carbonyl (C=O) groups excluding carboxylic acids is 2. The first-order valence-electron chi connectivity index (χ1n) is 6.10. The fourth-order valence-electron chi connectivity index (χ4n) is 1.04. The van der Waals surface area contributed by atoms with Crippen LogP contribution in [0.25, 0.3) is 0 Å². The highest BCUT2D eigenvalue weighted by atomic mass is 16.5. The summed E-state index contributed by atoms with van der Waals surface area (Å²) in [4.78, 5) is 21.9. The van der Waals surface area contributed by atoms with E-state index in [0.717, 1.165) is 12.8 Å². The number of nitrogens with zero attached hydrogens (tertiary/aromatic N) is 1. The number of hydrogen-bond donors (Lipinski definition) is 2. The van der Waals surface area contributed by atoms with E-state index in [1.807, 2.05) is 13.8 Å². The quantitative estimate of drug-likeness (QED) is 0.512. The molecule has 18 heavy (non-hydrogen) atoms. The first-order valence-corrected chi connectivity index (χ1v) is 6.10. The van der Waals surface area contributed by atoms with Crippen LogP contribution in [0.2, 0.25) is 0 Å². The third-order valence-electron chi connectivity index (χ3n) is 2.22. The van der Waals surface area contributed by atoms with E-state index >= 15 is 0 Å². The van der Waals surface area contributed by atoms with E-state index in [2.05, 4.69) is 5.32 Å². The van der Waals surface area contributed by atoms with E-state index in [-0.39, 0.29) is 24.8 Å². The lowest BCUT2D eigenvalue weighted by molar-refractivity contribution is -0.138. The van der Waals surface area contributed by atoms with Gasteiger partial charge in [-0.25, -0.2) is 0 Å². The third kappa shape index (κ3) is 10.0. The van der Waals surface area contributed by atoms with Gasteiger partial charge in [-0.1, -0.05) is 13.8 Å². The van der Waals surface area contributed by atoms with Crippen molar-refractivity contribution in [3.8, 4) is 0 Å². The molecule has 2 amide bonds. The summed E-state index contributed by atoms with van der Waals surface area (Å²) in [5.41, 5.74) is 0. The molecule has 2 atom stereocenters. The molecule has 0 aromatic rings. The molecule has 0 saturated heterocycles. The van der Waals surface area contributed by atoms with Crippen LogP contribution in [0.15, 0.2) is 0 Å². The Morgan fingerprint density at radius 2 is 2.06 bits per heavy atom. The molecule has 6 heteroatoms. The molecule has 0 heterocycles. The van der Waals surface area contributed by atoms with Crippen molar-refractivity contribution in [1.29, 1.82) is 0 Å². The second-order valence-electron chi connectivity index (χ2n) is 3.79. The van der Waals surface area contributed by atoms with E-state index in [1.165, 1.54) is 4.90 Å². The molecule has 0 aliphatic rings. The number of rotatable bonds is 7. The van der Waals surface area contributed by atoms with Gasteiger partial charge in [0.15, 0.2) is 0 Å². The van der Waals surface area contributed by atoms with Crippen molar-refractivity contribution in [1.82, 2.24) is 10.2 Å². The Labute approximate surface area is 109 Å². The van der Waals surface area contributed by atoms with Crippen molar-refractivity contribution < 1.29 is 19.4 Å². The Kier molecular flexibility index (Phi) is 13.1. The maximum Gasteiger partial charge on any atom is 0.219 e. The summed E-state index contributed by atoms with van der Waals surface area (Å²) < 4.78 is 5.35. The van der Waals surface area contributed by atoms with Gasteiger partial charge in [-0.3, -0.25) is 9.59 Å². The summed E-state index contributed by atoms with van der Waals surface area (Å²) in [5.74, 6) is 0.0926. The monoisotopic (exact) mass is 262 g/mol. The van der Waals surface area contributed by atoms with Crippen molar-refractivity contribution in [2.75, 3.05) is 20.7 Å². The number of amides is 2. The van der Waals surface area contributed by atoms with E-state index < -0.39 is 0 Å². The Morgan fingerprint density at radius 1 is 1.50 bits per heavy atom. The Morgan fingerprint density at radius 3 is 2.28 bits per heavy atom. The number of aliphatic hydroxyl groups excluding tert-OH is 1.